The van der Waals surface area contributed by atoms with Gasteiger partial charge in [-0.2, -0.15) is 0 Å². The van der Waals surface area contributed by atoms with Crippen LogP contribution in [-0.4, -0.2) is 19.5 Å². The summed E-state index contributed by atoms with van der Waals surface area (Å²) in [6, 6.07) is 76.0. The summed E-state index contributed by atoms with van der Waals surface area (Å²) in [7, 11) is 0. The fraction of sp³-hybridized carbons (Fsp3) is 0.0339. The van der Waals surface area contributed by atoms with Crippen molar-refractivity contribution >= 4 is 21.8 Å². The molecular formula is C59H34N4. The molecule has 11 aromatic rings. The van der Waals surface area contributed by atoms with Crippen LogP contribution < -0.4 is 0 Å². The highest BCUT2D eigenvalue weighted by Crippen LogP contribution is 2.67. The molecule has 0 saturated heterocycles. The molecule has 15 rings (SSSR count). The first-order valence-corrected chi connectivity index (χ1v) is 21.8. The Hall–Kier alpha value is -8.21. The number of aromatic nitrogens is 4. The fourth-order valence-corrected chi connectivity index (χ4v) is 12.4. The van der Waals surface area contributed by atoms with E-state index in [0.717, 1.165) is 16.7 Å². The third-order valence-corrected chi connectivity index (χ3v) is 14.6. The van der Waals surface area contributed by atoms with Crippen LogP contribution in [0.15, 0.2) is 206 Å². The number of nitrogens with zero attached hydrogens (tertiary/aromatic N) is 4. The average Bonchev–Trinajstić information content (AvgIpc) is 3.96. The lowest BCUT2D eigenvalue weighted by Crippen LogP contribution is -2.39. The highest BCUT2D eigenvalue weighted by molar-refractivity contribution is 6.17. The lowest BCUT2D eigenvalue weighted by atomic mass is 9.60. The minimum absolute atomic E-state index is 0.537. The van der Waals surface area contributed by atoms with Crippen LogP contribution in [0.3, 0.4) is 0 Å². The zero-order valence-electron chi connectivity index (χ0n) is 33.9. The van der Waals surface area contributed by atoms with Crippen molar-refractivity contribution in [3.63, 3.8) is 0 Å². The maximum Gasteiger partial charge on any atom is 0.164 e. The molecule has 2 aliphatic carbocycles. The molecule has 4 nitrogen and oxygen atoms in total. The van der Waals surface area contributed by atoms with Gasteiger partial charge in [-0.25, -0.2) is 15.0 Å². The lowest BCUT2D eigenvalue weighted by Gasteiger charge is -2.46. The molecule has 0 N–H and O–H groups in total. The molecule has 2 spiro atoms. The van der Waals surface area contributed by atoms with Crippen molar-refractivity contribution in [3.05, 3.63) is 251 Å². The van der Waals surface area contributed by atoms with E-state index in [1.165, 1.54) is 94.3 Å². The van der Waals surface area contributed by atoms with E-state index in [9.17, 15) is 0 Å². The zero-order valence-corrected chi connectivity index (χ0v) is 33.9. The highest BCUT2D eigenvalue weighted by atomic mass is 15.0. The molecule has 0 radical (unpaired) electrons. The normalized spacial score (nSPS) is 14.6. The van der Waals surface area contributed by atoms with Crippen LogP contribution in [0.25, 0.3) is 83.9 Å². The van der Waals surface area contributed by atoms with Crippen LogP contribution in [0, 0.1) is 0 Å². The van der Waals surface area contributed by atoms with Gasteiger partial charge in [0.05, 0.1) is 27.6 Å². The first kappa shape index (κ1) is 33.5. The number of hydrogen-bond donors (Lipinski definition) is 0. The molecule has 63 heavy (non-hydrogen) atoms. The third kappa shape index (κ3) is 3.92. The minimum Gasteiger partial charge on any atom is -0.308 e. The number of fused-ring (bicyclic) bond motifs is 15. The van der Waals surface area contributed by atoms with Crippen LogP contribution >= 0.6 is 0 Å². The summed E-state index contributed by atoms with van der Waals surface area (Å²) in [4.78, 5) is 15.8. The highest BCUT2D eigenvalue weighted by Gasteiger charge is 2.57. The average molecular weight is 799 g/mol. The van der Waals surface area contributed by atoms with Gasteiger partial charge >= 0.3 is 0 Å². The van der Waals surface area contributed by atoms with E-state index in [1.54, 1.807) is 0 Å². The molecule has 0 fully saturated rings. The van der Waals surface area contributed by atoms with E-state index in [-0.39, 0.29) is 0 Å². The van der Waals surface area contributed by atoms with Gasteiger partial charge in [0.25, 0.3) is 0 Å². The van der Waals surface area contributed by atoms with Gasteiger partial charge < -0.3 is 4.57 Å². The second kappa shape index (κ2) is 11.8. The molecule has 4 heteroatoms. The van der Waals surface area contributed by atoms with Crippen molar-refractivity contribution in [1.29, 1.82) is 0 Å². The third-order valence-electron chi connectivity index (χ3n) is 14.6. The maximum absolute atomic E-state index is 5.34. The smallest absolute Gasteiger partial charge is 0.164 e. The van der Waals surface area contributed by atoms with Gasteiger partial charge in [0.2, 0.25) is 0 Å². The van der Waals surface area contributed by atoms with Gasteiger partial charge in [0.15, 0.2) is 17.5 Å². The molecular weight excluding hydrogens is 765 g/mol. The molecule has 0 atom stereocenters. The Morgan fingerprint density at radius 3 is 1.17 bits per heavy atom. The Labute approximate surface area is 363 Å². The van der Waals surface area contributed by atoms with E-state index < -0.39 is 10.8 Å². The van der Waals surface area contributed by atoms with E-state index in [2.05, 4.69) is 174 Å². The topological polar surface area (TPSA) is 43.6 Å². The molecule has 290 valence electrons. The van der Waals surface area contributed by atoms with E-state index in [0.29, 0.717) is 17.5 Å². The molecule has 0 amide bonds. The Morgan fingerprint density at radius 2 is 0.667 bits per heavy atom. The van der Waals surface area contributed by atoms with Crippen molar-refractivity contribution in [3.8, 4) is 62.1 Å². The molecule has 4 aliphatic rings. The number of rotatable bonds is 3. The minimum atomic E-state index is -0.648. The van der Waals surface area contributed by atoms with Gasteiger partial charge in [-0.15, -0.1) is 0 Å². The number of para-hydroxylation sites is 2. The predicted molar refractivity (Wildman–Crippen MR) is 252 cm³/mol. The summed E-state index contributed by atoms with van der Waals surface area (Å²) in [5.41, 5.74) is 21.1. The second-order valence-electron chi connectivity index (χ2n) is 17.4. The number of hydrogen-bond acceptors (Lipinski definition) is 3. The summed E-state index contributed by atoms with van der Waals surface area (Å²) in [6.45, 7) is 0. The van der Waals surface area contributed by atoms with Crippen LogP contribution in [0.4, 0.5) is 0 Å². The monoisotopic (exact) mass is 798 g/mol. The fourth-order valence-electron chi connectivity index (χ4n) is 12.4. The molecule has 2 aliphatic heterocycles. The SMILES string of the molecule is c1ccc(-c2nc(-c3ccccc3)nc(-c3cc4c5c(c3)c3cccc6c3n5-c3c(cccc3C43c4ccccc4-c4ccccc43)C63c4ccccc4-c4ccccc43)n2)cc1. The van der Waals surface area contributed by atoms with E-state index >= 15 is 0 Å². The van der Waals surface area contributed by atoms with Crippen LogP contribution in [0.1, 0.15) is 44.5 Å². The first-order chi connectivity index (χ1) is 31.3. The van der Waals surface area contributed by atoms with Crippen LogP contribution in [0.5, 0.6) is 0 Å². The van der Waals surface area contributed by atoms with Crippen molar-refractivity contribution in [2.45, 2.75) is 10.8 Å². The molecule has 0 saturated carbocycles. The van der Waals surface area contributed by atoms with Gasteiger partial charge in [-0.05, 0) is 78.9 Å². The predicted octanol–water partition coefficient (Wildman–Crippen LogP) is 13.3. The Kier molecular flexibility index (Phi) is 6.27. The Morgan fingerprint density at radius 1 is 0.286 bits per heavy atom. The largest absolute Gasteiger partial charge is 0.308 e. The van der Waals surface area contributed by atoms with Gasteiger partial charge in [-0.1, -0.05) is 194 Å². The maximum atomic E-state index is 5.34. The van der Waals surface area contributed by atoms with Gasteiger partial charge in [0.1, 0.15) is 0 Å². The quantitative estimate of drug-likeness (QED) is 0.179. The van der Waals surface area contributed by atoms with Crippen LogP contribution in [0.2, 0.25) is 0 Å². The lowest BCUT2D eigenvalue weighted by molar-refractivity contribution is 0.701. The van der Waals surface area contributed by atoms with Crippen molar-refractivity contribution in [2.75, 3.05) is 0 Å². The second-order valence-corrected chi connectivity index (χ2v) is 17.4. The van der Waals surface area contributed by atoms with E-state index in [4.69, 9.17) is 15.0 Å². The standard InChI is InChI=1S/C59H34N4/c1-3-17-35(18-4-1)55-60-56(36-19-5-2-6-20-36)62-57(61-55)37-33-43-42-25-15-30-48-52(42)63-53(43)51(34-37)59(46-28-13-9-23-40(46)41-24-10-14-29-47(41)59)50-32-16-31-49(54(50)63)58(48)44-26-11-7-21-38(44)39-22-8-12-27-45(39)58/h1-34H. The Balaban J connectivity index is 1.16. The van der Waals surface area contributed by atoms with Gasteiger partial charge in [-0.3, -0.25) is 0 Å². The van der Waals surface area contributed by atoms with E-state index in [1.807, 2.05) is 36.4 Å². The molecule has 0 unspecified atom stereocenters. The zero-order chi connectivity index (χ0) is 41.0. The van der Waals surface area contributed by atoms with Gasteiger partial charge in [0, 0.05) is 27.5 Å². The van der Waals surface area contributed by atoms with Crippen molar-refractivity contribution < 1.29 is 0 Å². The van der Waals surface area contributed by atoms with Crippen LogP contribution in [-0.2, 0) is 10.8 Å². The summed E-state index contributed by atoms with van der Waals surface area (Å²) < 4.78 is 2.64. The van der Waals surface area contributed by atoms with Crippen molar-refractivity contribution in [1.82, 2.24) is 19.5 Å². The summed E-state index contributed by atoms with van der Waals surface area (Å²) in [5.74, 6) is 1.95. The number of benzene rings is 9. The molecule has 0 bridgehead atoms. The Bertz CT molecular complexity index is 3660. The molecule has 2 aromatic heterocycles. The molecule has 4 heterocycles. The molecule has 9 aromatic carbocycles. The summed E-state index contributed by atoms with van der Waals surface area (Å²) in [6.07, 6.45) is 0. The first-order valence-electron chi connectivity index (χ1n) is 21.8. The summed E-state index contributed by atoms with van der Waals surface area (Å²) in [5, 5.41) is 2.42. The summed E-state index contributed by atoms with van der Waals surface area (Å²) >= 11 is 0. The van der Waals surface area contributed by atoms with Crippen molar-refractivity contribution in [2.24, 2.45) is 0 Å².